The van der Waals surface area contributed by atoms with E-state index in [0.29, 0.717) is 23.4 Å². The lowest BCUT2D eigenvalue weighted by Gasteiger charge is -2.19. The minimum Gasteiger partial charge on any atom is -0.462 e. The molecular weight excluding hydrogens is 520 g/mol. The van der Waals surface area contributed by atoms with E-state index in [2.05, 4.69) is 67.8 Å². The summed E-state index contributed by atoms with van der Waals surface area (Å²) < 4.78 is 9.83. The molecule has 6 rings (SSSR count). The molecule has 0 aliphatic heterocycles. The van der Waals surface area contributed by atoms with E-state index in [0.717, 1.165) is 27.8 Å². The molecule has 0 aliphatic carbocycles. The first kappa shape index (κ1) is 27.3. The number of ketones is 1. The molecule has 210 valence electrons. The fraction of sp³-hybridized carbons (Fsp3) is 0.189. The molecule has 0 atom stereocenters. The van der Waals surface area contributed by atoms with Gasteiger partial charge in [-0.2, -0.15) is 0 Å². The number of imidazole rings is 1. The second-order valence-corrected chi connectivity index (χ2v) is 11.6. The lowest BCUT2D eigenvalue weighted by molar-refractivity contribution is 0.0524. The number of aromatic nitrogens is 2. The molecule has 0 saturated carbocycles. The van der Waals surface area contributed by atoms with E-state index in [9.17, 15) is 9.59 Å². The van der Waals surface area contributed by atoms with Crippen LogP contribution in [0.25, 0.3) is 27.8 Å². The van der Waals surface area contributed by atoms with Crippen LogP contribution >= 0.6 is 0 Å². The molecule has 0 saturated heterocycles. The van der Waals surface area contributed by atoms with Gasteiger partial charge in [0.1, 0.15) is 11.3 Å². The Balaban J connectivity index is 1.77. The van der Waals surface area contributed by atoms with Crippen molar-refractivity contribution < 1.29 is 14.3 Å². The minimum absolute atomic E-state index is 0.0325. The van der Waals surface area contributed by atoms with Gasteiger partial charge in [-0.05, 0) is 41.2 Å². The first-order chi connectivity index (χ1) is 20.3. The van der Waals surface area contributed by atoms with E-state index in [1.807, 2.05) is 59.0 Å². The van der Waals surface area contributed by atoms with Crippen molar-refractivity contribution in [1.82, 2.24) is 8.97 Å². The highest BCUT2D eigenvalue weighted by molar-refractivity contribution is 6.19. The molecule has 5 heteroatoms. The number of benzene rings is 4. The number of hydrogen-bond acceptors (Lipinski definition) is 3. The van der Waals surface area contributed by atoms with E-state index < -0.39 is 5.97 Å². The summed E-state index contributed by atoms with van der Waals surface area (Å²) in [4.78, 5) is 28.3. The van der Waals surface area contributed by atoms with Gasteiger partial charge < -0.3 is 9.30 Å². The Kier molecular flexibility index (Phi) is 7.03. The fourth-order valence-electron chi connectivity index (χ4n) is 5.73. The smallest absolute Gasteiger partial charge is 0.341 e. The average molecular weight is 555 g/mol. The van der Waals surface area contributed by atoms with Crippen LogP contribution in [0.5, 0.6) is 0 Å². The van der Waals surface area contributed by atoms with Crippen molar-refractivity contribution in [2.75, 3.05) is 6.61 Å². The Hall–Kier alpha value is -4.90. The zero-order valence-corrected chi connectivity index (χ0v) is 24.4. The third kappa shape index (κ3) is 4.71. The molecule has 0 spiro atoms. The van der Waals surface area contributed by atoms with Crippen LogP contribution in [-0.4, -0.2) is 27.3 Å². The molecule has 0 fully saturated rings. The highest BCUT2D eigenvalue weighted by Gasteiger charge is 2.34. The largest absolute Gasteiger partial charge is 0.462 e. The van der Waals surface area contributed by atoms with E-state index in [-0.39, 0.29) is 23.4 Å². The molecule has 0 aliphatic rings. The first-order valence-corrected chi connectivity index (χ1v) is 14.4. The van der Waals surface area contributed by atoms with Crippen LogP contribution in [0, 0.1) is 0 Å². The van der Waals surface area contributed by atoms with Gasteiger partial charge in [0.05, 0.1) is 23.2 Å². The zero-order chi connectivity index (χ0) is 29.4. The van der Waals surface area contributed by atoms with Crippen molar-refractivity contribution in [1.29, 1.82) is 0 Å². The van der Waals surface area contributed by atoms with Crippen molar-refractivity contribution >= 4 is 28.4 Å². The topological polar surface area (TPSA) is 52.7 Å². The maximum atomic E-state index is 14.4. The second kappa shape index (κ2) is 10.8. The van der Waals surface area contributed by atoms with Crippen LogP contribution in [-0.2, 0) is 16.7 Å². The van der Waals surface area contributed by atoms with E-state index in [1.165, 1.54) is 5.56 Å². The Labute approximate surface area is 246 Å². The normalized spacial score (nSPS) is 11.7. The van der Waals surface area contributed by atoms with Gasteiger partial charge in [0.15, 0.2) is 0 Å². The fourth-order valence-corrected chi connectivity index (χ4v) is 5.73. The number of hydrogen-bond donors (Lipinski definition) is 0. The van der Waals surface area contributed by atoms with E-state index in [4.69, 9.17) is 4.74 Å². The van der Waals surface area contributed by atoms with Crippen LogP contribution in [0.4, 0.5) is 0 Å². The van der Waals surface area contributed by atoms with Crippen LogP contribution < -0.4 is 0 Å². The quantitative estimate of drug-likeness (QED) is 0.147. The van der Waals surface area contributed by atoms with Crippen LogP contribution in [0.1, 0.15) is 65.2 Å². The number of ether oxygens (including phenoxy) is 1. The SMILES string of the molecule is CCOC(=O)c1c(-c2ccc(C(C)(C)C)cc2)c2n(Cc3ccccc3)c3ccccc3n2c1C(=O)c1ccccc1. The Morgan fingerprint density at radius 2 is 1.33 bits per heavy atom. The Morgan fingerprint density at radius 1 is 0.738 bits per heavy atom. The van der Waals surface area contributed by atoms with Gasteiger partial charge in [0.25, 0.3) is 0 Å². The molecule has 0 unspecified atom stereocenters. The predicted octanol–water partition coefficient (Wildman–Crippen LogP) is 8.31. The average Bonchev–Trinajstić information content (AvgIpc) is 3.51. The summed E-state index contributed by atoms with van der Waals surface area (Å²) in [6, 6.07) is 35.7. The van der Waals surface area contributed by atoms with Gasteiger partial charge in [-0.15, -0.1) is 0 Å². The number of rotatable bonds is 7. The molecular formula is C37H34N2O3. The molecule has 42 heavy (non-hydrogen) atoms. The molecule has 0 radical (unpaired) electrons. The number of fused-ring (bicyclic) bond motifs is 3. The first-order valence-electron chi connectivity index (χ1n) is 14.4. The Bertz CT molecular complexity index is 1910. The highest BCUT2D eigenvalue weighted by Crippen LogP contribution is 2.40. The molecule has 0 bridgehead atoms. The zero-order valence-electron chi connectivity index (χ0n) is 24.4. The van der Waals surface area contributed by atoms with Crippen molar-refractivity contribution in [3.63, 3.8) is 0 Å². The van der Waals surface area contributed by atoms with Gasteiger partial charge in [-0.3, -0.25) is 9.20 Å². The maximum Gasteiger partial charge on any atom is 0.341 e. The standard InChI is InChI=1S/C37H34N2O3/c1-5-42-36(41)32-31(26-20-22-28(23-21-26)37(2,3)4)35-38(24-25-14-8-6-9-15-25)29-18-12-13-19-30(29)39(35)33(32)34(40)27-16-10-7-11-17-27/h6-23H,5,24H2,1-4H3. The summed E-state index contributed by atoms with van der Waals surface area (Å²) in [6.45, 7) is 9.08. The number of carbonyl (C=O) groups excluding carboxylic acids is 2. The molecule has 2 aromatic heterocycles. The van der Waals surface area contributed by atoms with Crippen molar-refractivity contribution in [3.05, 3.63) is 137 Å². The van der Waals surface area contributed by atoms with E-state index >= 15 is 0 Å². The molecule has 0 N–H and O–H groups in total. The summed E-state index contributed by atoms with van der Waals surface area (Å²) in [6.07, 6.45) is 0. The molecule has 5 nitrogen and oxygen atoms in total. The van der Waals surface area contributed by atoms with Gasteiger partial charge in [-0.1, -0.05) is 118 Å². The second-order valence-electron chi connectivity index (χ2n) is 11.6. The lowest BCUT2D eigenvalue weighted by atomic mass is 9.86. The van der Waals surface area contributed by atoms with Crippen LogP contribution in [0.2, 0.25) is 0 Å². The van der Waals surface area contributed by atoms with Crippen molar-refractivity contribution in [3.8, 4) is 11.1 Å². The monoisotopic (exact) mass is 554 g/mol. The number of carbonyl (C=O) groups is 2. The summed E-state index contributed by atoms with van der Waals surface area (Å²) in [5.41, 5.74) is 7.54. The molecule has 2 heterocycles. The maximum absolute atomic E-state index is 14.4. The molecule has 0 amide bonds. The predicted molar refractivity (Wildman–Crippen MR) is 168 cm³/mol. The number of esters is 1. The van der Waals surface area contributed by atoms with Gasteiger partial charge in [-0.25, -0.2) is 4.79 Å². The summed E-state index contributed by atoms with van der Waals surface area (Å²) >= 11 is 0. The number of nitrogens with zero attached hydrogens (tertiary/aromatic N) is 2. The third-order valence-corrected chi connectivity index (χ3v) is 7.77. The van der Waals surface area contributed by atoms with Gasteiger partial charge in [0, 0.05) is 17.7 Å². The van der Waals surface area contributed by atoms with Gasteiger partial charge >= 0.3 is 5.97 Å². The van der Waals surface area contributed by atoms with Gasteiger partial charge in [0.2, 0.25) is 5.78 Å². The molecule has 6 aromatic rings. The Morgan fingerprint density at radius 3 is 1.95 bits per heavy atom. The summed E-state index contributed by atoms with van der Waals surface area (Å²) in [5, 5.41) is 0. The van der Waals surface area contributed by atoms with Crippen molar-refractivity contribution in [2.45, 2.75) is 39.7 Å². The summed E-state index contributed by atoms with van der Waals surface area (Å²) in [5.74, 6) is -0.737. The lowest BCUT2D eigenvalue weighted by Crippen LogP contribution is -2.14. The van der Waals surface area contributed by atoms with Crippen LogP contribution in [0.15, 0.2) is 109 Å². The number of para-hydroxylation sites is 2. The molecule has 4 aromatic carbocycles. The third-order valence-electron chi connectivity index (χ3n) is 7.77. The minimum atomic E-state index is -0.509. The van der Waals surface area contributed by atoms with Crippen molar-refractivity contribution in [2.24, 2.45) is 0 Å². The highest BCUT2D eigenvalue weighted by atomic mass is 16.5. The van der Waals surface area contributed by atoms with E-state index in [1.54, 1.807) is 19.1 Å². The summed E-state index contributed by atoms with van der Waals surface area (Å²) in [7, 11) is 0. The van der Waals surface area contributed by atoms with Crippen LogP contribution in [0.3, 0.4) is 0 Å².